The molecule has 0 aromatic carbocycles. The summed E-state index contributed by atoms with van der Waals surface area (Å²) < 4.78 is 1.94. The van der Waals surface area contributed by atoms with E-state index in [1.165, 1.54) is 0 Å². The molecule has 0 atom stereocenters. The molecule has 1 rings (SSSR count). The van der Waals surface area contributed by atoms with Crippen molar-refractivity contribution in [2.24, 2.45) is 0 Å². The number of aryl methyl sites for hydroxylation is 1. The fraction of sp³-hybridized carbons (Fsp3) is 0.556. The van der Waals surface area contributed by atoms with Crippen LogP contribution in [0.25, 0.3) is 0 Å². The van der Waals surface area contributed by atoms with Gasteiger partial charge in [-0.15, -0.1) is 0 Å². The van der Waals surface area contributed by atoms with E-state index in [0.29, 0.717) is 13.0 Å². The van der Waals surface area contributed by atoms with E-state index < -0.39 is 0 Å². The molecule has 0 unspecified atom stereocenters. The van der Waals surface area contributed by atoms with Crippen LogP contribution in [-0.2, 0) is 17.8 Å². The van der Waals surface area contributed by atoms with Gasteiger partial charge >= 0.3 is 0 Å². The van der Waals surface area contributed by atoms with Gasteiger partial charge in [0.2, 0.25) is 6.41 Å². The average molecular weight is 197 g/mol. The van der Waals surface area contributed by atoms with Crippen molar-refractivity contribution in [2.45, 2.75) is 19.4 Å². The van der Waals surface area contributed by atoms with Crippen LogP contribution in [0.2, 0.25) is 0 Å². The lowest BCUT2D eigenvalue weighted by Gasteiger charge is -1.97. The third-order valence-corrected chi connectivity index (χ3v) is 1.87. The van der Waals surface area contributed by atoms with E-state index in [-0.39, 0.29) is 6.61 Å². The van der Waals surface area contributed by atoms with Gasteiger partial charge in [0.15, 0.2) is 0 Å². The highest BCUT2D eigenvalue weighted by molar-refractivity contribution is 5.45. The number of hydrogen-bond donors (Lipinski definition) is 2. The molecule has 0 bridgehead atoms. The molecule has 5 heteroatoms. The first-order chi connectivity index (χ1) is 6.86. The Morgan fingerprint density at radius 3 is 3.21 bits per heavy atom. The van der Waals surface area contributed by atoms with Crippen molar-refractivity contribution in [3.63, 3.8) is 0 Å². The third kappa shape index (κ3) is 3.57. The summed E-state index contributed by atoms with van der Waals surface area (Å²) in [6, 6.07) is 0. The summed E-state index contributed by atoms with van der Waals surface area (Å²) in [6.07, 6.45) is 5.84. The van der Waals surface area contributed by atoms with Crippen molar-refractivity contribution < 1.29 is 9.90 Å². The van der Waals surface area contributed by atoms with Crippen molar-refractivity contribution in [1.82, 2.24) is 14.9 Å². The minimum atomic E-state index is 0.195. The summed E-state index contributed by atoms with van der Waals surface area (Å²) in [7, 11) is 0. The Labute approximate surface area is 82.8 Å². The maximum absolute atomic E-state index is 9.98. The molecule has 2 N–H and O–H groups in total. The third-order valence-electron chi connectivity index (χ3n) is 1.87. The highest BCUT2D eigenvalue weighted by atomic mass is 16.3. The number of hydrogen-bond acceptors (Lipinski definition) is 3. The highest BCUT2D eigenvalue weighted by Gasteiger charge is 1.97. The predicted octanol–water partition coefficient (Wildman–Crippen LogP) is -0.446. The van der Waals surface area contributed by atoms with Crippen molar-refractivity contribution in [3.05, 3.63) is 18.2 Å². The summed E-state index contributed by atoms with van der Waals surface area (Å²) >= 11 is 0. The number of imidazole rings is 1. The molecule has 1 amide bonds. The van der Waals surface area contributed by atoms with Crippen molar-refractivity contribution >= 4 is 6.41 Å². The highest BCUT2D eigenvalue weighted by Crippen LogP contribution is 1.97. The molecule has 5 nitrogen and oxygen atoms in total. The maximum atomic E-state index is 9.98. The Hall–Kier alpha value is -1.36. The van der Waals surface area contributed by atoms with Gasteiger partial charge in [-0.25, -0.2) is 4.98 Å². The lowest BCUT2D eigenvalue weighted by atomic mass is 10.3. The first-order valence-corrected chi connectivity index (χ1v) is 4.65. The number of aliphatic hydroxyl groups excluding tert-OH is 1. The van der Waals surface area contributed by atoms with E-state index >= 15 is 0 Å². The second kappa shape index (κ2) is 6.15. The van der Waals surface area contributed by atoms with Crippen molar-refractivity contribution in [2.75, 3.05) is 13.2 Å². The molecule has 0 aliphatic rings. The Balaban J connectivity index is 2.31. The predicted molar refractivity (Wildman–Crippen MR) is 51.7 cm³/mol. The van der Waals surface area contributed by atoms with Crippen LogP contribution in [0.4, 0.5) is 0 Å². The minimum Gasteiger partial charge on any atom is -0.396 e. The van der Waals surface area contributed by atoms with E-state index in [4.69, 9.17) is 5.11 Å². The van der Waals surface area contributed by atoms with Gasteiger partial charge in [0, 0.05) is 32.3 Å². The van der Waals surface area contributed by atoms with Gasteiger partial charge in [0.05, 0.1) is 12.0 Å². The van der Waals surface area contributed by atoms with Gasteiger partial charge in [-0.3, -0.25) is 4.79 Å². The largest absolute Gasteiger partial charge is 0.396 e. The van der Waals surface area contributed by atoms with Gasteiger partial charge < -0.3 is 15.0 Å². The number of carbonyl (C=O) groups is 1. The van der Waals surface area contributed by atoms with Crippen molar-refractivity contribution in [3.8, 4) is 0 Å². The van der Waals surface area contributed by atoms with Crippen LogP contribution in [0.5, 0.6) is 0 Å². The summed E-state index contributed by atoms with van der Waals surface area (Å²) in [4.78, 5) is 14.1. The lowest BCUT2D eigenvalue weighted by molar-refractivity contribution is -0.109. The van der Waals surface area contributed by atoms with Crippen LogP contribution in [0.3, 0.4) is 0 Å². The van der Waals surface area contributed by atoms with Crippen LogP contribution >= 0.6 is 0 Å². The number of aromatic nitrogens is 2. The van der Waals surface area contributed by atoms with Gasteiger partial charge in [-0.05, 0) is 6.42 Å². The molecule has 1 heterocycles. The van der Waals surface area contributed by atoms with Crippen LogP contribution in [0.15, 0.2) is 12.5 Å². The Kier molecular flexibility index (Phi) is 4.71. The molecule has 0 aliphatic carbocycles. The van der Waals surface area contributed by atoms with Crippen LogP contribution in [-0.4, -0.2) is 34.2 Å². The fourth-order valence-electron chi connectivity index (χ4n) is 1.17. The number of nitrogens with zero attached hydrogens (tertiary/aromatic N) is 2. The van der Waals surface area contributed by atoms with Gasteiger partial charge in [0.1, 0.15) is 0 Å². The zero-order valence-corrected chi connectivity index (χ0v) is 8.02. The molecular formula is C9H15N3O2. The zero-order chi connectivity index (χ0) is 10.2. The summed E-state index contributed by atoms with van der Waals surface area (Å²) in [5.74, 6) is 0. The molecule has 0 spiro atoms. The van der Waals surface area contributed by atoms with E-state index in [2.05, 4.69) is 10.3 Å². The van der Waals surface area contributed by atoms with Crippen LogP contribution in [0, 0.1) is 0 Å². The normalized spacial score (nSPS) is 10.1. The maximum Gasteiger partial charge on any atom is 0.207 e. The number of nitrogens with one attached hydrogen (secondary N) is 1. The Bertz CT molecular complexity index is 273. The zero-order valence-electron chi connectivity index (χ0n) is 8.02. The molecule has 78 valence electrons. The molecule has 0 saturated carbocycles. The summed E-state index contributed by atoms with van der Waals surface area (Å²) in [5, 5.41) is 11.2. The van der Waals surface area contributed by atoms with Crippen LogP contribution in [0.1, 0.15) is 12.1 Å². The fourth-order valence-corrected chi connectivity index (χ4v) is 1.17. The molecule has 1 aromatic heterocycles. The van der Waals surface area contributed by atoms with Gasteiger partial charge in [-0.1, -0.05) is 0 Å². The molecular weight excluding hydrogens is 182 g/mol. The number of aliphatic hydroxyl groups is 1. The Morgan fingerprint density at radius 1 is 1.64 bits per heavy atom. The number of carbonyl (C=O) groups excluding carboxylic acids is 1. The lowest BCUT2D eigenvalue weighted by Crippen LogP contribution is -2.14. The van der Waals surface area contributed by atoms with Crippen molar-refractivity contribution in [1.29, 1.82) is 0 Å². The van der Waals surface area contributed by atoms with E-state index in [1.54, 1.807) is 6.33 Å². The summed E-state index contributed by atoms with van der Waals surface area (Å²) in [5.41, 5.74) is 0.956. The molecule has 14 heavy (non-hydrogen) atoms. The molecule has 0 aliphatic heterocycles. The molecule has 1 aromatic rings. The number of amides is 1. The van der Waals surface area contributed by atoms with E-state index in [0.717, 1.165) is 25.1 Å². The SMILES string of the molecule is O=CNCCc1cn(CCCO)cn1. The Morgan fingerprint density at radius 2 is 2.50 bits per heavy atom. The molecule has 0 saturated heterocycles. The first kappa shape index (κ1) is 10.7. The quantitative estimate of drug-likeness (QED) is 0.460. The van der Waals surface area contributed by atoms with E-state index in [1.807, 2.05) is 10.8 Å². The smallest absolute Gasteiger partial charge is 0.207 e. The number of rotatable bonds is 7. The summed E-state index contributed by atoms with van der Waals surface area (Å²) in [6.45, 7) is 1.59. The second-order valence-electron chi connectivity index (χ2n) is 3.00. The monoisotopic (exact) mass is 197 g/mol. The minimum absolute atomic E-state index is 0.195. The van der Waals surface area contributed by atoms with Crippen LogP contribution < -0.4 is 5.32 Å². The molecule has 0 fully saturated rings. The molecule has 0 radical (unpaired) electrons. The standard InChI is InChI=1S/C9H15N3O2/c13-5-1-4-12-6-9(11-7-12)2-3-10-8-14/h6-8,13H,1-5H2,(H,10,14). The van der Waals surface area contributed by atoms with E-state index in [9.17, 15) is 4.79 Å². The second-order valence-corrected chi connectivity index (χ2v) is 3.00. The first-order valence-electron chi connectivity index (χ1n) is 4.65. The topological polar surface area (TPSA) is 67.2 Å². The van der Waals surface area contributed by atoms with Gasteiger partial charge in [-0.2, -0.15) is 0 Å². The average Bonchev–Trinajstić information content (AvgIpc) is 2.63. The van der Waals surface area contributed by atoms with Gasteiger partial charge in [0.25, 0.3) is 0 Å².